The molecule has 4 rings (SSSR count). The van der Waals surface area contributed by atoms with Gasteiger partial charge in [-0.25, -0.2) is 14.5 Å². The molecular formula is C25H29N3O5. The molecule has 8 heteroatoms. The van der Waals surface area contributed by atoms with Gasteiger partial charge in [0.15, 0.2) is 0 Å². The van der Waals surface area contributed by atoms with Crippen LogP contribution in [0.1, 0.15) is 41.1 Å². The molecule has 33 heavy (non-hydrogen) atoms. The molecule has 0 saturated heterocycles. The maximum absolute atomic E-state index is 12.0. The van der Waals surface area contributed by atoms with E-state index in [4.69, 9.17) is 14.2 Å². The maximum atomic E-state index is 12.0. The quantitative estimate of drug-likeness (QED) is 0.473. The van der Waals surface area contributed by atoms with Crippen molar-refractivity contribution in [1.82, 2.24) is 14.8 Å². The predicted molar refractivity (Wildman–Crippen MR) is 120 cm³/mol. The summed E-state index contributed by atoms with van der Waals surface area (Å²) in [5.74, 6) is -0.648. The molecule has 0 spiro atoms. The monoisotopic (exact) mass is 451 g/mol. The molecule has 4 atom stereocenters. The van der Waals surface area contributed by atoms with Crippen LogP contribution in [-0.4, -0.2) is 51.3 Å². The average molecular weight is 452 g/mol. The first-order valence-corrected chi connectivity index (χ1v) is 11.2. The van der Waals surface area contributed by atoms with Crippen molar-refractivity contribution in [3.8, 4) is 0 Å². The van der Waals surface area contributed by atoms with Gasteiger partial charge in [0, 0.05) is 5.92 Å². The van der Waals surface area contributed by atoms with Crippen LogP contribution in [0.25, 0.3) is 0 Å². The Hall–Kier alpha value is -3.07. The molecule has 174 valence electrons. The zero-order valence-electron chi connectivity index (χ0n) is 18.6. The average Bonchev–Trinajstić information content (AvgIpc) is 3.44. The summed E-state index contributed by atoms with van der Waals surface area (Å²) in [6, 6.07) is 19.4. The van der Waals surface area contributed by atoms with Crippen LogP contribution in [0.2, 0.25) is 0 Å². The number of benzene rings is 2. The molecule has 1 fully saturated rings. The van der Waals surface area contributed by atoms with E-state index >= 15 is 0 Å². The number of hydrogen-bond acceptors (Lipinski definition) is 7. The molecule has 8 nitrogen and oxygen atoms in total. The van der Waals surface area contributed by atoms with Gasteiger partial charge in [-0.1, -0.05) is 60.7 Å². The number of hydrogen-bond donors (Lipinski definition) is 1. The van der Waals surface area contributed by atoms with Crippen molar-refractivity contribution in [2.45, 2.75) is 44.8 Å². The van der Waals surface area contributed by atoms with E-state index in [0.717, 1.165) is 11.1 Å². The van der Waals surface area contributed by atoms with Crippen LogP contribution in [0, 0.1) is 5.92 Å². The molecule has 2 aromatic carbocycles. The fourth-order valence-corrected chi connectivity index (χ4v) is 4.14. The summed E-state index contributed by atoms with van der Waals surface area (Å²) in [5.41, 5.74) is 2.12. The van der Waals surface area contributed by atoms with Gasteiger partial charge in [-0.15, -0.1) is 5.10 Å². The number of aliphatic hydroxyl groups excluding tert-OH is 1. The Bertz CT molecular complexity index is 1010. The first-order chi connectivity index (χ1) is 16.2. The van der Waals surface area contributed by atoms with Gasteiger partial charge < -0.3 is 19.3 Å². The largest absolute Gasteiger partial charge is 0.460 e. The molecule has 1 N–H and O–H groups in total. The Balaban J connectivity index is 1.45. The molecule has 0 radical (unpaired) electrons. The summed E-state index contributed by atoms with van der Waals surface area (Å²) >= 11 is 0. The minimum Gasteiger partial charge on any atom is -0.460 e. The lowest BCUT2D eigenvalue weighted by molar-refractivity contribution is -0.0720. The number of carbonyl (C=O) groups excluding carboxylic acids is 1. The Labute approximate surface area is 193 Å². The second kappa shape index (κ2) is 11.2. The van der Waals surface area contributed by atoms with Crippen LogP contribution in [-0.2, 0) is 27.4 Å². The second-order valence-corrected chi connectivity index (χ2v) is 8.08. The molecule has 1 saturated carbocycles. The summed E-state index contributed by atoms with van der Waals surface area (Å²) < 4.78 is 18.7. The molecule has 1 aliphatic carbocycles. The topological polar surface area (TPSA) is 95.7 Å². The van der Waals surface area contributed by atoms with E-state index in [9.17, 15) is 9.90 Å². The molecule has 0 aliphatic heterocycles. The van der Waals surface area contributed by atoms with Crippen molar-refractivity contribution in [3.63, 3.8) is 0 Å². The van der Waals surface area contributed by atoms with Gasteiger partial charge >= 0.3 is 5.97 Å². The highest BCUT2D eigenvalue weighted by Gasteiger charge is 2.45. The van der Waals surface area contributed by atoms with Crippen molar-refractivity contribution in [2.24, 2.45) is 5.92 Å². The number of esters is 1. The second-order valence-electron chi connectivity index (χ2n) is 8.08. The van der Waals surface area contributed by atoms with Gasteiger partial charge in [0.1, 0.15) is 12.4 Å². The van der Waals surface area contributed by atoms with E-state index in [-0.39, 0.29) is 24.4 Å². The minimum absolute atomic E-state index is 0.0189. The lowest BCUT2D eigenvalue weighted by Gasteiger charge is -2.23. The van der Waals surface area contributed by atoms with Crippen LogP contribution in [0.3, 0.4) is 0 Å². The Morgan fingerprint density at radius 2 is 1.73 bits per heavy atom. The van der Waals surface area contributed by atoms with Crippen molar-refractivity contribution in [1.29, 1.82) is 0 Å². The summed E-state index contributed by atoms with van der Waals surface area (Å²) in [4.78, 5) is 16.0. The van der Waals surface area contributed by atoms with Crippen LogP contribution >= 0.6 is 0 Å². The number of aliphatic hydroxyl groups is 1. The van der Waals surface area contributed by atoms with Gasteiger partial charge in [0.25, 0.3) is 5.82 Å². The van der Waals surface area contributed by atoms with E-state index in [1.165, 1.54) is 11.0 Å². The van der Waals surface area contributed by atoms with E-state index in [0.29, 0.717) is 26.2 Å². The van der Waals surface area contributed by atoms with Crippen LogP contribution in [0.15, 0.2) is 67.0 Å². The molecular weight excluding hydrogens is 422 g/mol. The van der Waals surface area contributed by atoms with Gasteiger partial charge in [-0.3, -0.25) is 0 Å². The molecule has 0 unspecified atom stereocenters. The number of carbonyl (C=O) groups is 1. The normalized spacial score (nSPS) is 22.4. The van der Waals surface area contributed by atoms with Gasteiger partial charge in [0.2, 0.25) is 0 Å². The third-order valence-corrected chi connectivity index (χ3v) is 5.77. The van der Waals surface area contributed by atoms with Crippen LogP contribution in [0.4, 0.5) is 0 Å². The Kier molecular flexibility index (Phi) is 7.83. The lowest BCUT2D eigenvalue weighted by Crippen LogP contribution is -2.34. The molecule has 1 aliphatic rings. The van der Waals surface area contributed by atoms with Crippen LogP contribution in [0.5, 0.6) is 0 Å². The van der Waals surface area contributed by atoms with Gasteiger partial charge in [0.05, 0.1) is 38.6 Å². The fourth-order valence-electron chi connectivity index (χ4n) is 4.14. The lowest BCUT2D eigenvalue weighted by atomic mass is 10.1. The van der Waals surface area contributed by atoms with E-state index in [1.54, 1.807) is 6.92 Å². The highest BCUT2D eigenvalue weighted by atomic mass is 16.5. The smallest absolute Gasteiger partial charge is 0.378 e. The number of aromatic nitrogens is 3. The van der Waals surface area contributed by atoms with Crippen LogP contribution < -0.4 is 0 Å². The van der Waals surface area contributed by atoms with E-state index in [1.807, 2.05) is 60.7 Å². The van der Waals surface area contributed by atoms with E-state index < -0.39 is 18.2 Å². The first-order valence-electron chi connectivity index (χ1n) is 11.2. The highest BCUT2D eigenvalue weighted by Crippen LogP contribution is 2.37. The van der Waals surface area contributed by atoms with E-state index in [2.05, 4.69) is 10.1 Å². The SMILES string of the molecule is CCOC(=O)c1ncn([C@@H]2C[C@H](COCc3ccccc3)[C@@H](OCc3ccccc3)[C@H]2O)n1. The summed E-state index contributed by atoms with van der Waals surface area (Å²) in [7, 11) is 0. The van der Waals surface area contributed by atoms with Gasteiger partial charge in [-0.2, -0.15) is 0 Å². The highest BCUT2D eigenvalue weighted by molar-refractivity contribution is 5.84. The maximum Gasteiger partial charge on any atom is 0.378 e. The van der Waals surface area contributed by atoms with Crippen molar-refractivity contribution in [2.75, 3.05) is 13.2 Å². The van der Waals surface area contributed by atoms with Crippen molar-refractivity contribution < 1.29 is 24.1 Å². The summed E-state index contributed by atoms with van der Waals surface area (Å²) in [5, 5.41) is 15.4. The standard InChI is InChI=1S/C25H29N3O5/c1-2-32-25(30)24-26-17-28(27-24)21-13-20(16-31-14-18-9-5-3-6-10-18)23(22(21)29)33-15-19-11-7-4-8-12-19/h3-12,17,20-23,29H,2,13-16H2,1H3/t20-,21-,22+,23-/m1/s1. The number of rotatable bonds is 10. The molecule has 1 aromatic heterocycles. The third kappa shape index (κ3) is 5.84. The molecule has 1 heterocycles. The number of nitrogens with zero attached hydrogens (tertiary/aromatic N) is 3. The van der Waals surface area contributed by atoms with Gasteiger partial charge in [-0.05, 0) is 24.5 Å². The molecule has 0 bridgehead atoms. The fraction of sp³-hybridized carbons (Fsp3) is 0.400. The Morgan fingerprint density at radius 3 is 2.39 bits per heavy atom. The predicted octanol–water partition coefficient (Wildman–Crippen LogP) is 3.18. The summed E-state index contributed by atoms with van der Waals surface area (Å²) in [6.07, 6.45) is 0.778. The molecule has 3 aromatic rings. The zero-order valence-corrected chi connectivity index (χ0v) is 18.6. The third-order valence-electron chi connectivity index (χ3n) is 5.77. The summed E-state index contributed by atoms with van der Waals surface area (Å²) in [6.45, 7) is 3.27. The van der Waals surface area contributed by atoms with Crippen molar-refractivity contribution >= 4 is 5.97 Å². The van der Waals surface area contributed by atoms with Crippen molar-refractivity contribution in [3.05, 3.63) is 83.9 Å². The minimum atomic E-state index is -0.823. The first kappa shape index (κ1) is 23.1. The molecule has 0 amide bonds. The Morgan fingerprint density at radius 1 is 1.06 bits per heavy atom. The number of ether oxygens (including phenoxy) is 3. The zero-order chi connectivity index (χ0) is 23.0.